The van der Waals surface area contributed by atoms with E-state index in [2.05, 4.69) is 28.5 Å². The standard InChI is InChI=1S/C24H26N2O3/c27-19-7-3-6-16(13-19)20-8-4-12-25-22(20)9-2-1-5-18-15-26-23-11-10-17(24(28)29)14-21(18)23/h3-4,6-8,10-11,13-15,20,22,25-27H,1-2,5,9,12H2,(H,28,29). The summed E-state index contributed by atoms with van der Waals surface area (Å²) in [6.07, 6.45) is 10.5. The van der Waals surface area contributed by atoms with Crippen molar-refractivity contribution in [3.63, 3.8) is 0 Å². The van der Waals surface area contributed by atoms with Crippen LogP contribution in [0.2, 0.25) is 0 Å². The van der Waals surface area contributed by atoms with Gasteiger partial charge in [-0.05, 0) is 60.7 Å². The number of aromatic amines is 1. The number of phenolic OH excluding ortho intramolecular Hbond substituents is 1. The number of hydrogen-bond acceptors (Lipinski definition) is 3. The van der Waals surface area contributed by atoms with Gasteiger partial charge < -0.3 is 20.5 Å². The summed E-state index contributed by atoms with van der Waals surface area (Å²) in [6, 6.07) is 13.1. The van der Waals surface area contributed by atoms with Crippen LogP contribution in [0.15, 0.2) is 60.8 Å². The molecule has 4 N–H and O–H groups in total. The van der Waals surface area contributed by atoms with E-state index in [0.717, 1.165) is 48.7 Å². The molecule has 2 unspecified atom stereocenters. The molecule has 0 saturated carbocycles. The highest BCUT2D eigenvalue weighted by Crippen LogP contribution is 2.29. The molecule has 2 heterocycles. The molecule has 2 aromatic carbocycles. The first-order valence-electron chi connectivity index (χ1n) is 10.1. The van der Waals surface area contributed by atoms with Crippen LogP contribution in [0.25, 0.3) is 10.9 Å². The largest absolute Gasteiger partial charge is 0.508 e. The molecule has 0 radical (unpaired) electrons. The molecule has 150 valence electrons. The Balaban J connectivity index is 1.37. The van der Waals surface area contributed by atoms with Crippen molar-refractivity contribution in [2.45, 2.75) is 37.6 Å². The molecule has 1 aliphatic heterocycles. The minimum Gasteiger partial charge on any atom is -0.508 e. The number of carboxylic acids is 1. The Kier molecular flexibility index (Phi) is 5.67. The molecule has 29 heavy (non-hydrogen) atoms. The van der Waals surface area contributed by atoms with E-state index in [4.69, 9.17) is 0 Å². The summed E-state index contributed by atoms with van der Waals surface area (Å²) in [5, 5.41) is 23.6. The first-order valence-corrected chi connectivity index (χ1v) is 10.1. The smallest absolute Gasteiger partial charge is 0.335 e. The number of carboxylic acid groups (broad SMARTS) is 1. The van der Waals surface area contributed by atoms with E-state index in [1.165, 1.54) is 5.56 Å². The van der Waals surface area contributed by atoms with Crippen LogP contribution >= 0.6 is 0 Å². The predicted molar refractivity (Wildman–Crippen MR) is 115 cm³/mol. The quantitative estimate of drug-likeness (QED) is 0.351. The Bertz CT molecular complexity index is 1040. The zero-order valence-corrected chi connectivity index (χ0v) is 16.3. The number of nitrogens with one attached hydrogen (secondary N) is 2. The lowest BCUT2D eigenvalue weighted by molar-refractivity contribution is 0.0697. The lowest BCUT2D eigenvalue weighted by Gasteiger charge is -2.29. The van der Waals surface area contributed by atoms with Crippen molar-refractivity contribution in [3.8, 4) is 5.75 Å². The van der Waals surface area contributed by atoms with E-state index in [1.54, 1.807) is 18.2 Å². The van der Waals surface area contributed by atoms with Gasteiger partial charge in [-0.1, -0.05) is 30.7 Å². The summed E-state index contributed by atoms with van der Waals surface area (Å²) in [4.78, 5) is 14.5. The minimum absolute atomic E-state index is 0.266. The van der Waals surface area contributed by atoms with Crippen molar-refractivity contribution in [1.29, 1.82) is 0 Å². The Morgan fingerprint density at radius 2 is 2.03 bits per heavy atom. The fourth-order valence-corrected chi connectivity index (χ4v) is 4.25. The lowest BCUT2D eigenvalue weighted by Crippen LogP contribution is -2.37. The molecule has 5 nitrogen and oxygen atoms in total. The number of aromatic nitrogens is 1. The van der Waals surface area contributed by atoms with Crippen LogP contribution in [0.5, 0.6) is 5.75 Å². The summed E-state index contributed by atoms with van der Waals surface area (Å²) < 4.78 is 0. The molecular formula is C24H26N2O3. The van der Waals surface area contributed by atoms with Crippen molar-refractivity contribution < 1.29 is 15.0 Å². The van der Waals surface area contributed by atoms with Crippen LogP contribution in [0.4, 0.5) is 0 Å². The second-order valence-corrected chi connectivity index (χ2v) is 7.69. The fourth-order valence-electron chi connectivity index (χ4n) is 4.25. The highest BCUT2D eigenvalue weighted by Gasteiger charge is 2.22. The summed E-state index contributed by atoms with van der Waals surface area (Å²) in [5.74, 6) is -0.323. The number of hydrogen-bond donors (Lipinski definition) is 4. The number of phenols is 1. The fraction of sp³-hybridized carbons (Fsp3) is 0.292. The maximum Gasteiger partial charge on any atom is 0.335 e. The Labute approximate surface area is 170 Å². The first-order chi connectivity index (χ1) is 14.1. The monoisotopic (exact) mass is 390 g/mol. The predicted octanol–water partition coefficient (Wildman–Crippen LogP) is 4.60. The van der Waals surface area contributed by atoms with Gasteiger partial charge in [0, 0.05) is 35.6 Å². The number of H-pyrrole nitrogens is 1. The molecule has 5 heteroatoms. The Hall–Kier alpha value is -3.05. The van der Waals surface area contributed by atoms with Crippen LogP contribution in [-0.4, -0.2) is 33.8 Å². The summed E-state index contributed by atoms with van der Waals surface area (Å²) in [5.41, 5.74) is 3.61. The van der Waals surface area contributed by atoms with Crippen LogP contribution in [-0.2, 0) is 6.42 Å². The molecule has 0 amide bonds. The van der Waals surface area contributed by atoms with Crippen LogP contribution in [0.1, 0.15) is 46.7 Å². The van der Waals surface area contributed by atoms with E-state index in [1.807, 2.05) is 24.4 Å². The minimum atomic E-state index is -0.895. The molecule has 0 bridgehead atoms. The molecule has 2 atom stereocenters. The van der Waals surface area contributed by atoms with Gasteiger partial charge in [-0.3, -0.25) is 0 Å². The number of benzene rings is 2. The van der Waals surface area contributed by atoms with Crippen molar-refractivity contribution >= 4 is 16.9 Å². The summed E-state index contributed by atoms with van der Waals surface area (Å²) >= 11 is 0. The van der Waals surface area contributed by atoms with Gasteiger partial charge in [-0.2, -0.15) is 0 Å². The zero-order chi connectivity index (χ0) is 20.2. The number of aromatic hydroxyl groups is 1. The highest BCUT2D eigenvalue weighted by atomic mass is 16.4. The third kappa shape index (κ3) is 4.35. The maximum absolute atomic E-state index is 11.2. The summed E-state index contributed by atoms with van der Waals surface area (Å²) in [7, 11) is 0. The number of unbranched alkanes of at least 4 members (excludes halogenated alkanes) is 1. The number of aromatic carboxylic acids is 1. The van der Waals surface area contributed by atoms with Gasteiger partial charge in [0.1, 0.15) is 5.75 Å². The van der Waals surface area contributed by atoms with Crippen molar-refractivity contribution in [2.24, 2.45) is 0 Å². The molecule has 1 aromatic heterocycles. The second kappa shape index (κ2) is 8.53. The number of aryl methyl sites for hydroxylation is 1. The third-order valence-corrected chi connectivity index (χ3v) is 5.76. The topological polar surface area (TPSA) is 85.3 Å². The molecule has 0 aliphatic carbocycles. The van der Waals surface area contributed by atoms with Crippen molar-refractivity contribution in [2.75, 3.05) is 6.54 Å². The molecule has 0 saturated heterocycles. The highest BCUT2D eigenvalue weighted by molar-refractivity contribution is 5.94. The van der Waals surface area contributed by atoms with Crippen LogP contribution in [0, 0.1) is 0 Å². The SMILES string of the molecule is O=C(O)c1ccc2[nH]cc(CCCCC3NCC=CC3c3cccc(O)c3)c2c1. The molecule has 0 fully saturated rings. The number of rotatable bonds is 7. The van der Waals surface area contributed by atoms with Crippen LogP contribution < -0.4 is 5.32 Å². The Morgan fingerprint density at radius 3 is 2.86 bits per heavy atom. The van der Waals surface area contributed by atoms with E-state index in [0.29, 0.717) is 17.4 Å². The lowest BCUT2D eigenvalue weighted by atomic mass is 9.86. The molecule has 0 spiro atoms. The van der Waals surface area contributed by atoms with E-state index in [-0.39, 0.29) is 5.92 Å². The van der Waals surface area contributed by atoms with Gasteiger partial charge in [-0.15, -0.1) is 0 Å². The van der Waals surface area contributed by atoms with Crippen molar-refractivity contribution in [1.82, 2.24) is 10.3 Å². The van der Waals surface area contributed by atoms with E-state index < -0.39 is 5.97 Å². The van der Waals surface area contributed by atoms with Crippen molar-refractivity contribution in [3.05, 3.63) is 77.5 Å². The van der Waals surface area contributed by atoms with E-state index in [9.17, 15) is 15.0 Å². The van der Waals surface area contributed by atoms with Gasteiger partial charge >= 0.3 is 5.97 Å². The average molecular weight is 390 g/mol. The molecule has 1 aliphatic rings. The van der Waals surface area contributed by atoms with Gasteiger partial charge in [-0.25, -0.2) is 4.79 Å². The maximum atomic E-state index is 11.2. The second-order valence-electron chi connectivity index (χ2n) is 7.69. The average Bonchev–Trinajstić information content (AvgIpc) is 3.14. The summed E-state index contributed by atoms with van der Waals surface area (Å²) in [6.45, 7) is 0.875. The molecule has 4 rings (SSSR count). The molecule has 3 aromatic rings. The molecular weight excluding hydrogens is 364 g/mol. The van der Waals surface area contributed by atoms with E-state index >= 15 is 0 Å². The Morgan fingerprint density at radius 1 is 1.14 bits per heavy atom. The number of fused-ring (bicyclic) bond motifs is 1. The first kappa shape index (κ1) is 19.3. The van der Waals surface area contributed by atoms with Gasteiger partial charge in [0.25, 0.3) is 0 Å². The van der Waals surface area contributed by atoms with Gasteiger partial charge in [0.05, 0.1) is 5.56 Å². The third-order valence-electron chi connectivity index (χ3n) is 5.76. The zero-order valence-electron chi connectivity index (χ0n) is 16.3. The van der Waals surface area contributed by atoms with Gasteiger partial charge in [0.15, 0.2) is 0 Å². The normalized spacial score (nSPS) is 18.9. The number of carbonyl (C=O) groups is 1. The van der Waals surface area contributed by atoms with Gasteiger partial charge in [0.2, 0.25) is 0 Å². The van der Waals surface area contributed by atoms with Crippen LogP contribution in [0.3, 0.4) is 0 Å².